The van der Waals surface area contributed by atoms with E-state index in [4.69, 9.17) is 4.74 Å². The highest BCUT2D eigenvalue weighted by Gasteiger charge is 1.99. The number of ether oxygens (including phenoxy) is 1. The van der Waals surface area contributed by atoms with E-state index in [1.807, 2.05) is 19.1 Å². The van der Waals surface area contributed by atoms with Crippen LogP contribution in [0.25, 0.3) is 0 Å². The minimum Gasteiger partial charge on any atom is -0.489 e. The monoisotopic (exact) mass is 233 g/mol. The molecular formula is C15H23NO. The van der Waals surface area contributed by atoms with Crippen molar-refractivity contribution >= 4 is 0 Å². The van der Waals surface area contributed by atoms with Crippen LogP contribution in [0.2, 0.25) is 0 Å². The van der Waals surface area contributed by atoms with E-state index in [0.717, 1.165) is 24.3 Å². The smallest absolute Gasteiger partial charge is 0.119 e. The van der Waals surface area contributed by atoms with Gasteiger partial charge in [0.25, 0.3) is 0 Å². The van der Waals surface area contributed by atoms with Gasteiger partial charge in [-0.25, -0.2) is 0 Å². The molecule has 94 valence electrons. The Morgan fingerprint density at radius 1 is 1.35 bits per heavy atom. The molecule has 0 aromatic heterocycles. The van der Waals surface area contributed by atoms with Gasteiger partial charge >= 0.3 is 0 Å². The molecule has 0 saturated carbocycles. The molecule has 1 aromatic rings. The molecule has 0 bridgehead atoms. The van der Waals surface area contributed by atoms with Gasteiger partial charge in [-0.1, -0.05) is 25.6 Å². The molecule has 1 atom stereocenters. The molecule has 0 aliphatic rings. The van der Waals surface area contributed by atoms with Crippen molar-refractivity contribution in [1.82, 2.24) is 5.32 Å². The van der Waals surface area contributed by atoms with Crippen LogP contribution in [0, 0.1) is 0 Å². The maximum Gasteiger partial charge on any atom is 0.119 e. The van der Waals surface area contributed by atoms with Gasteiger partial charge in [0.15, 0.2) is 0 Å². The van der Waals surface area contributed by atoms with Gasteiger partial charge in [-0.3, -0.25) is 0 Å². The van der Waals surface area contributed by atoms with Crippen molar-refractivity contribution in [2.75, 3.05) is 6.61 Å². The summed E-state index contributed by atoms with van der Waals surface area (Å²) in [6.07, 6.45) is 1.15. The van der Waals surface area contributed by atoms with Crippen molar-refractivity contribution in [3.05, 3.63) is 42.0 Å². The molecule has 0 fully saturated rings. The fourth-order valence-corrected chi connectivity index (χ4v) is 1.35. The molecule has 0 amide bonds. The third-order valence-electron chi connectivity index (χ3n) is 2.68. The van der Waals surface area contributed by atoms with E-state index in [9.17, 15) is 0 Å². The first-order valence-corrected chi connectivity index (χ1v) is 6.21. The molecule has 0 heterocycles. The van der Waals surface area contributed by atoms with Crippen LogP contribution in [0.15, 0.2) is 36.4 Å². The fourth-order valence-electron chi connectivity index (χ4n) is 1.35. The SMILES string of the molecule is C=C(C)COc1ccc(CNC(C)CC)cc1. The van der Waals surface area contributed by atoms with Crippen LogP contribution in [-0.2, 0) is 6.54 Å². The zero-order valence-electron chi connectivity index (χ0n) is 11.1. The molecule has 1 aromatic carbocycles. The van der Waals surface area contributed by atoms with Crippen LogP contribution in [-0.4, -0.2) is 12.6 Å². The number of benzene rings is 1. The second-order valence-corrected chi connectivity index (χ2v) is 4.58. The lowest BCUT2D eigenvalue weighted by molar-refractivity contribution is 0.352. The Morgan fingerprint density at radius 2 is 2.00 bits per heavy atom. The Bertz CT molecular complexity index is 342. The average Bonchev–Trinajstić information content (AvgIpc) is 2.34. The Labute approximate surface area is 105 Å². The van der Waals surface area contributed by atoms with Crippen LogP contribution < -0.4 is 10.1 Å². The summed E-state index contributed by atoms with van der Waals surface area (Å²) in [7, 11) is 0. The summed E-state index contributed by atoms with van der Waals surface area (Å²) < 4.78 is 5.55. The molecule has 1 unspecified atom stereocenters. The van der Waals surface area contributed by atoms with Crippen LogP contribution >= 0.6 is 0 Å². The first kappa shape index (κ1) is 13.8. The van der Waals surface area contributed by atoms with Crippen LogP contribution in [0.5, 0.6) is 5.75 Å². The minimum absolute atomic E-state index is 0.564. The summed E-state index contributed by atoms with van der Waals surface area (Å²) in [5.74, 6) is 0.903. The van der Waals surface area contributed by atoms with E-state index in [2.05, 4.69) is 37.9 Å². The normalized spacial score (nSPS) is 12.2. The number of hydrogen-bond acceptors (Lipinski definition) is 2. The summed E-state index contributed by atoms with van der Waals surface area (Å²) in [4.78, 5) is 0. The molecule has 17 heavy (non-hydrogen) atoms. The van der Waals surface area contributed by atoms with Crippen molar-refractivity contribution in [2.24, 2.45) is 0 Å². The number of hydrogen-bond donors (Lipinski definition) is 1. The lowest BCUT2D eigenvalue weighted by Gasteiger charge is -2.11. The predicted octanol–water partition coefficient (Wildman–Crippen LogP) is 3.53. The van der Waals surface area contributed by atoms with Gasteiger partial charge in [0, 0.05) is 12.6 Å². The second-order valence-electron chi connectivity index (χ2n) is 4.58. The Kier molecular flexibility index (Phi) is 5.78. The van der Waals surface area contributed by atoms with Gasteiger partial charge in [0.05, 0.1) is 0 Å². The summed E-state index contributed by atoms with van der Waals surface area (Å²) >= 11 is 0. The van der Waals surface area contributed by atoms with E-state index >= 15 is 0 Å². The van der Waals surface area contributed by atoms with Crippen LogP contribution in [0.1, 0.15) is 32.8 Å². The summed E-state index contributed by atoms with van der Waals surface area (Å²) in [5.41, 5.74) is 2.32. The molecule has 1 rings (SSSR count). The lowest BCUT2D eigenvalue weighted by Crippen LogP contribution is -2.24. The molecule has 0 radical (unpaired) electrons. The second kappa shape index (κ2) is 7.13. The molecule has 0 spiro atoms. The maximum atomic E-state index is 5.55. The van der Waals surface area contributed by atoms with Gasteiger partial charge in [0.1, 0.15) is 12.4 Å². The quantitative estimate of drug-likeness (QED) is 0.727. The molecule has 0 aliphatic heterocycles. The first-order valence-electron chi connectivity index (χ1n) is 6.21. The molecule has 2 heteroatoms. The van der Waals surface area contributed by atoms with Gasteiger partial charge < -0.3 is 10.1 Å². The minimum atomic E-state index is 0.564. The van der Waals surface area contributed by atoms with Crippen LogP contribution in [0.3, 0.4) is 0 Å². The van der Waals surface area contributed by atoms with E-state index < -0.39 is 0 Å². The molecule has 0 saturated heterocycles. The van der Waals surface area contributed by atoms with E-state index in [1.54, 1.807) is 0 Å². The highest BCUT2D eigenvalue weighted by atomic mass is 16.5. The number of nitrogens with one attached hydrogen (secondary N) is 1. The lowest BCUT2D eigenvalue weighted by atomic mass is 10.2. The third kappa shape index (κ3) is 5.55. The number of rotatable bonds is 7. The maximum absolute atomic E-state index is 5.55. The highest BCUT2D eigenvalue weighted by Crippen LogP contribution is 2.13. The fraction of sp³-hybridized carbons (Fsp3) is 0.467. The summed E-state index contributed by atoms with van der Waals surface area (Å²) in [6.45, 7) is 11.7. The van der Waals surface area contributed by atoms with E-state index in [-0.39, 0.29) is 0 Å². The zero-order chi connectivity index (χ0) is 12.7. The largest absolute Gasteiger partial charge is 0.489 e. The van der Waals surface area contributed by atoms with Crippen molar-refractivity contribution < 1.29 is 4.74 Å². The van der Waals surface area contributed by atoms with Gasteiger partial charge in [-0.2, -0.15) is 0 Å². The highest BCUT2D eigenvalue weighted by molar-refractivity contribution is 5.27. The standard InChI is InChI=1S/C15H23NO/c1-5-13(4)16-10-14-6-8-15(9-7-14)17-11-12(2)3/h6-9,13,16H,2,5,10-11H2,1,3-4H3. The molecule has 1 N–H and O–H groups in total. The molecule has 0 aliphatic carbocycles. The van der Waals surface area contributed by atoms with Crippen molar-refractivity contribution in [2.45, 2.75) is 39.8 Å². The zero-order valence-corrected chi connectivity index (χ0v) is 11.1. The van der Waals surface area contributed by atoms with Crippen LogP contribution in [0.4, 0.5) is 0 Å². The van der Waals surface area contributed by atoms with Gasteiger partial charge in [-0.15, -0.1) is 0 Å². The Balaban J connectivity index is 2.41. The van der Waals surface area contributed by atoms with Crippen molar-refractivity contribution in [1.29, 1.82) is 0 Å². The van der Waals surface area contributed by atoms with E-state index in [0.29, 0.717) is 12.6 Å². The average molecular weight is 233 g/mol. The Morgan fingerprint density at radius 3 is 2.53 bits per heavy atom. The topological polar surface area (TPSA) is 21.3 Å². The summed E-state index contributed by atoms with van der Waals surface area (Å²) in [6, 6.07) is 8.79. The Hall–Kier alpha value is -1.28. The van der Waals surface area contributed by atoms with Gasteiger partial charge in [0.2, 0.25) is 0 Å². The predicted molar refractivity (Wildman–Crippen MR) is 73.3 cm³/mol. The van der Waals surface area contributed by atoms with E-state index in [1.165, 1.54) is 5.56 Å². The third-order valence-corrected chi connectivity index (χ3v) is 2.68. The molecular weight excluding hydrogens is 210 g/mol. The first-order chi connectivity index (χ1) is 8.11. The summed E-state index contributed by atoms with van der Waals surface area (Å²) in [5, 5.41) is 3.46. The van der Waals surface area contributed by atoms with Gasteiger partial charge in [-0.05, 0) is 43.5 Å². The van der Waals surface area contributed by atoms with Crippen molar-refractivity contribution in [3.8, 4) is 5.75 Å². The molecule has 2 nitrogen and oxygen atoms in total. The van der Waals surface area contributed by atoms with Crippen molar-refractivity contribution in [3.63, 3.8) is 0 Å².